The van der Waals surface area contributed by atoms with Crippen LogP contribution in [-0.2, 0) is 4.74 Å². The molecular weight excluding hydrogens is 182 g/mol. The third-order valence-corrected chi connectivity index (χ3v) is 2.91. The lowest BCUT2D eigenvalue weighted by molar-refractivity contribution is 0.0975. The Morgan fingerprint density at radius 2 is 2.43 bits per heavy atom. The standard InChI is InChI=1S/C10H11NO3/c12-5-8-1-2-10(14-8)11-4-9-3-7(11)6-13-9/h1-2,5,7,9H,3-4,6H2. The fourth-order valence-electron chi connectivity index (χ4n) is 2.23. The Morgan fingerprint density at radius 3 is 3.00 bits per heavy atom. The summed E-state index contributed by atoms with van der Waals surface area (Å²) in [6, 6.07) is 3.99. The van der Waals surface area contributed by atoms with Gasteiger partial charge in [-0.25, -0.2) is 0 Å². The molecule has 2 bridgehead atoms. The largest absolute Gasteiger partial charge is 0.438 e. The zero-order valence-electron chi connectivity index (χ0n) is 7.68. The first kappa shape index (κ1) is 8.05. The number of carbonyl (C=O) groups excluding carboxylic acids is 1. The van der Waals surface area contributed by atoms with E-state index >= 15 is 0 Å². The highest BCUT2D eigenvalue weighted by atomic mass is 16.5. The molecule has 14 heavy (non-hydrogen) atoms. The summed E-state index contributed by atoms with van der Waals surface area (Å²) in [5, 5.41) is 0. The van der Waals surface area contributed by atoms with Crippen molar-refractivity contribution in [2.45, 2.75) is 18.6 Å². The Hall–Kier alpha value is -1.29. The summed E-state index contributed by atoms with van der Waals surface area (Å²) < 4.78 is 10.9. The molecule has 2 saturated heterocycles. The average molecular weight is 193 g/mol. The normalized spacial score (nSPS) is 29.9. The van der Waals surface area contributed by atoms with Gasteiger partial charge in [0.15, 0.2) is 17.9 Å². The lowest BCUT2D eigenvalue weighted by Crippen LogP contribution is -2.36. The molecule has 2 fully saturated rings. The molecule has 0 radical (unpaired) electrons. The van der Waals surface area contributed by atoms with E-state index in [1.807, 2.05) is 6.07 Å². The molecule has 0 spiro atoms. The first-order chi connectivity index (χ1) is 6.86. The smallest absolute Gasteiger partial charge is 0.196 e. The van der Waals surface area contributed by atoms with Crippen LogP contribution >= 0.6 is 0 Å². The van der Waals surface area contributed by atoms with Gasteiger partial charge in [-0.3, -0.25) is 4.79 Å². The number of fused-ring (bicyclic) bond motifs is 2. The number of aldehydes is 1. The summed E-state index contributed by atoms with van der Waals surface area (Å²) in [5.41, 5.74) is 0. The van der Waals surface area contributed by atoms with Gasteiger partial charge in [-0.15, -0.1) is 0 Å². The number of hydrogen-bond donors (Lipinski definition) is 0. The van der Waals surface area contributed by atoms with Gasteiger partial charge < -0.3 is 14.1 Å². The first-order valence-corrected chi connectivity index (χ1v) is 4.80. The average Bonchev–Trinajstić information content (AvgIpc) is 2.93. The van der Waals surface area contributed by atoms with Crippen LogP contribution in [0.5, 0.6) is 0 Å². The topological polar surface area (TPSA) is 42.7 Å². The number of hydrogen-bond acceptors (Lipinski definition) is 4. The Balaban J connectivity index is 1.85. The van der Waals surface area contributed by atoms with Crippen LogP contribution in [0.1, 0.15) is 17.0 Å². The van der Waals surface area contributed by atoms with E-state index < -0.39 is 0 Å². The molecule has 2 aliphatic rings. The quantitative estimate of drug-likeness (QED) is 0.659. The van der Waals surface area contributed by atoms with E-state index in [-0.39, 0.29) is 0 Å². The van der Waals surface area contributed by atoms with Crippen molar-refractivity contribution in [2.24, 2.45) is 0 Å². The molecule has 3 heterocycles. The van der Waals surface area contributed by atoms with Gasteiger partial charge in [0.2, 0.25) is 0 Å². The van der Waals surface area contributed by atoms with Crippen LogP contribution in [0.4, 0.5) is 5.88 Å². The molecule has 2 aliphatic heterocycles. The highest BCUT2D eigenvalue weighted by Gasteiger charge is 2.40. The van der Waals surface area contributed by atoms with Crippen molar-refractivity contribution in [3.63, 3.8) is 0 Å². The van der Waals surface area contributed by atoms with Crippen LogP contribution in [0.2, 0.25) is 0 Å². The molecule has 0 amide bonds. The molecular formula is C10H11NO3. The predicted octanol–water partition coefficient (Wildman–Crippen LogP) is 1.07. The molecule has 3 rings (SSSR count). The van der Waals surface area contributed by atoms with Crippen LogP contribution in [0.15, 0.2) is 16.5 Å². The number of morpholine rings is 1. The van der Waals surface area contributed by atoms with Crippen LogP contribution in [0.25, 0.3) is 0 Å². The summed E-state index contributed by atoms with van der Waals surface area (Å²) in [6.07, 6.45) is 2.16. The van der Waals surface area contributed by atoms with E-state index in [2.05, 4.69) is 4.90 Å². The lowest BCUT2D eigenvalue weighted by atomic mass is 10.2. The molecule has 74 valence electrons. The number of carbonyl (C=O) groups is 1. The number of nitrogens with zero attached hydrogens (tertiary/aromatic N) is 1. The molecule has 1 aromatic rings. The predicted molar refractivity (Wildman–Crippen MR) is 49.6 cm³/mol. The summed E-state index contributed by atoms with van der Waals surface area (Å²) in [6.45, 7) is 1.66. The van der Waals surface area contributed by atoms with Gasteiger partial charge in [0.1, 0.15) is 0 Å². The second-order valence-corrected chi connectivity index (χ2v) is 3.79. The molecule has 0 aromatic carbocycles. The molecule has 0 saturated carbocycles. The Labute approximate surface area is 81.4 Å². The zero-order chi connectivity index (χ0) is 9.54. The molecule has 2 atom stereocenters. The van der Waals surface area contributed by atoms with Gasteiger partial charge in [0.05, 0.1) is 18.8 Å². The van der Waals surface area contributed by atoms with Crippen LogP contribution in [0, 0.1) is 0 Å². The minimum Gasteiger partial charge on any atom is -0.438 e. The zero-order valence-corrected chi connectivity index (χ0v) is 7.68. The molecule has 2 unspecified atom stereocenters. The van der Waals surface area contributed by atoms with Crippen molar-refractivity contribution in [3.8, 4) is 0 Å². The van der Waals surface area contributed by atoms with Crippen molar-refractivity contribution >= 4 is 12.2 Å². The van der Waals surface area contributed by atoms with Gasteiger partial charge in [0, 0.05) is 12.6 Å². The van der Waals surface area contributed by atoms with E-state index in [1.54, 1.807) is 6.07 Å². The monoisotopic (exact) mass is 193 g/mol. The van der Waals surface area contributed by atoms with E-state index in [9.17, 15) is 4.79 Å². The van der Waals surface area contributed by atoms with E-state index in [0.717, 1.165) is 31.7 Å². The van der Waals surface area contributed by atoms with Crippen LogP contribution in [0.3, 0.4) is 0 Å². The second-order valence-electron chi connectivity index (χ2n) is 3.79. The van der Waals surface area contributed by atoms with Crippen molar-refractivity contribution in [1.29, 1.82) is 0 Å². The molecule has 1 aromatic heterocycles. The van der Waals surface area contributed by atoms with Gasteiger partial charge >= 0.3 is 0 Å². The van der Waals surface area contributed by atoms with Crippen molar-refractivity contribution in [1.82, 2.24) is 0 Å². The third-order valence-electron chi connectivity index (χ3n) is 2.91. The maximum atomic E-state index is 10.5. The summed E-state index contributed by atoms with van der Waals surface area (Å²) in [5.74, 6) is 1.19. The van der Waals surface area contributed by atoms with Gasteiger partial charge in [-0.05, 0) is 12.5 Å². The molecule has 4 nitrogen and oxygen atoms in total. The van der Waals surface area contributed by atoms with Crippen molar-refractivity contribution in [3.05, 3.63) is 17.9 Å². The minimum atomic E-state index is 0.352. The molecule has 0 aliphatic carbocycles. The maximum Gasteiger partial charge on any atom is 0.196 e. The lowest BCUT2D eigenvalue weighted by Gasteiger charge is -2.26. The highest BCUT2D eigenvalue weighted by molar-refractivity contribution is 5.71. The van der Waals surface area contributed by atoms with Crippen molar-refractivity contribution in [2.75, 3.05) is 18.1 Å². The van der Waals surface area contributed by atoms with E-state index in [0.29, 0.717) is 17.9 Å². The second kappa shape index (κ2) is 2.85. The van der Waals surface area contributed by atoms with Gasteiger partial charge in [-0.2, -0.15) is 0 Å². The van der Waals surface area contributed by atoms with E-state index in [1.165, 1.54) is 0 Å². The Bertz CT molecular complexity index is 360. The fraction of sp³-hybridized carbons (Fsp3) is 0.500. The van der Waals surface area contributed by atoms with Gasteiger partial charge in [0.25, 0.3) is 0 Å². The SMILES string of the molecule is O=Cc1ccc(N2CC3CC2CO3)o1. The van der Waals surface area contributed by atoms with Gasteiger partial charge in [-0.1, -0.05) is 0 Å². The molecule has 4 heteroatoms. The first-order valence-electron chi connectivity index (χ1n) is 4.80. The Kier molecular flexibility index (Phi) is 1.64. The number of rotatable bonds is 2. The summed E-state index contributed by atoms with van der Waals surface area (Å²) in [7, 11) is 0. The molecule has 0 N–H and O–H groups in total. The summed E-state index contributed by atoms with van der Waals surface area (Å²) in [4.78, 5) is 12.6. The third kappa shape index (κ3) is 1.07. The van der Waals surface area contributed by atoms with E-state index in [4.69, 9.17) is 9.15 Å². The number of anilines is 1. The van der Waals surface area contributed by atoms with Crippen LogP contribution < -0.4 is 4.90 Å². The number of furan rings is 1. The fourth-order valence-corrected chi connectivity index (χ4v) is 2.23. The van der Waals surface area contributed by atoms with Crippen LogP contribution in [-0.4, -0.2) is 31.6 Å². The summed E-state index contributed by atoms with van der Waals surface area (Å²) >= 11 is 0. The maximum absolute atomic E-state index is 10.5. The number of ether oxygens (including phenoxy) is 1. The van der Waals surface area contributed by atoms with Crippen molar-refractivity contribution < 1.29 is 13.9 Å². The minimum absolute atomic E-state index is 0.352. The Morgan fingerprint density at radius 1 is 1.50 bits per heavy atom. The highest BCUT2D eigenvalue weighted by Crippen LogP contribution is 2.33.